The van der Waals surface area contributed by atoms with Gasteiger partial charge in [0.15, 0.2) is 0 Å². The molecule has 0 fully saturated rings. The first-order valence-corrected chi connectivity index (χ1v) is 6.39. The number of aryl methyl sites for hydroxylation is 2. The Morgan fingerprint density at radius 2 is 2.18 bits per heavy atom. The van der Waals surface area contributed by atoms with Crippen LogP contribution in [0.15, 0.2) is 17.5 Å². The maximum Gasteiger partial charge on any atom is 0.0836 e. The first-order chi connectivity index (χ1) is 8.13. The van der Waals surface area contributed by atoms with Crippen molar-refractivity contribution in [2.45, 2.75) is 19.9 Å². The summed E-state index contributed by atoms with van der Waals surface area (Å²) in [5.41, 5.74) is 5.50. The van der Waals surface area contributed by atoms with Gasteiger partial charge in [0, 0.05) is 10.4 Å². The van der Waals surface area contributed by atoms with Crippen molar-refractivity contribution in [2.24, 2.45) is 5.84 Å². The standard InChI is InChI=1S/C11H13ClN4S/c1-6-5-8(7(2)16-15-6)10(14-13)11-9(12)3-4-17-11/h3-5,10,14H,13H2,1-2H3. The molecule has 0 aliphatic carbocycles. The van der Waals surface area contributed by atoms with Gasteiger partial charge in [-0.25, -0.2) is 5.43 Å². The van der Waals surface area contributed by atoms with Crippen molar-refractivity contribution in [1.29, 1.82) is 0 Å². The van der Waals surface area contributed by atoms with Gasteiger partial charge < -0.3 is 0 Å². The fourth-order valence-electron chi connectivity index (χ4n) is 1.68. The van der Waals surface area contributed by atoms with Gasteiger partial charge in [0.25, 0.3) is 0 Å². The molecule has 0 amide bonds. The lowest BCUT2D eigenvalue weighted by Crippen LogP contribution is -2.29. The molecule has 2 heterocycles. The van der Waals surface area contributed by atoms with E-state index in [4.69, 9.17) is 17.4 Å². The molecule has 2 aromatic heterocycles. The zero-order valence-corrected chi connectivity index (χ0v) is 11.1. The number of rotatable bonds is 3. The molecule has 17 heavy (non-hydrogen) atoms. The molecule has 0 spiro atoms. The minimum absolute atomic E-state index is 0.142. The van der Waals surface area contributed by atoms with Crippen molar-refractivity contribution in [3.05, 3.63) is 44.4 Å². The fraction of sp³-hybridized carbons (Fsp3) is 0.273. The third kappa shape index (κ3) is 2.47. The number of hydrogen-bond acceptors (Lipinski definition) is 5. The second-order valence-corrected chi connectivity index (χ2v) is 5.11. The van der Waals surface area contributed by atoms with Crippen molar-refractivity contribution < 1.29 is 0 Å². The molecule has 0 saturated heterocycles. The van der Waals surface area contributed by atoms with E-state index >= 15 is 0 Å². The van der Waals surface area contributed by atoms with Crippen LogP contribution in [0.2, 0.25) is 5.02 Å². The normalized spacial score (nSPS) is 12.7. The summed E-state index contributed by atoms with van der Waals surface area (Å²) in [6, 6.07) is 3.70. The van der Waals surface area contributed by atoms with Gasteiger partial charge in [0.2, 0.25) is 0 Å². The topological polar surface area (TPSA) is 63.8 Å². The first kappa shape index (κ1) is 12.4. The van der Waals surface area contributed by atoms with Crippen LogP contribution in [0.5, 0.6) is 0 Å². The Morgan fingerprint density at radius 3 is 2.76 bits per heavy atom. The Kier molecular flexibility index (Phi) is 3.73. The second kappa shape index (κ2) is 5.10. The van der Waals surface area contributed by atoms with Crippen molar-refractivity contribution in [1.82, 2.24) is 15.6 Å². The molecule has 0 radical (unpaired) electrons. The van der Waals surface area contributed by atoms with E-state index in [9.17, 15) is 0 Å². The molecular formula is C11H13ClN4S. The van der Waals surface area contributed by atoms with Gasteiger partial charge in [-0.3, -0.25) is 5.84 Å². The molecule has 2 rings (SSSR count). The lowest BCUT2D eigenvalue weighted by molar-refractivity contribution is 0.635. The zero-order valence-electron chi connectivity index (χ0n) is 9.57. The van der Waals surface area contributed by atoms with Crippen molar-refractivity contribution in [3.63, 3.8) is 0 Å². The predicted octanol–water partition coefficient (Wildman–Crippen LogP) is 2.36. The van der Waals surface area contributed by atoms with Crippen LogP contribution < -0.4 is 11.3 Å². The third-order valence-electron chi connectivity index (χ3n) is 2.52. The number of hydrazine groups is 1. The molecule has 3 N–H and O–H groups in total. The van der Waals surface area contributed by atoms with Gasteiger partial charge in [0.1, 0.15) is 0 Å². The minimum atomic E-state index is -0.142. The Bertz CT molecular complexity index is 526. The van der Waals surface area contributed by atoms with E-state index in [1.54, 1.807) is 11.3 Å². The summed E-state index contributed by atoms with van der Waals surface area (Å²) in [6.45, 7) is 3.81. The van der Waals surface area contributed by atoms with Crippen LogP contribution in [0.1, 0.15) is 27.9 Å². The highest BCUT2D eigenvalue weighted by Crippen LogP contribution is 2.33. The Balaban J connectivity index is 2.49. The number of nitrogens with zero attached hydrogens (tertiary/aromatic N) is 2. The number of aromatic nitrogens is 2. The van der Waals surface area contributed by atoms with Crippen molar-refractivity contribution in [3.8, 4) is 0 Å². The van der Waals surface area contributed by atoms with E-state index in [0.717, 1.165) is 21.8 Å². The van der Waals surface area contributed by atoms with Crippen LogP contribution >= 0.6 is 22.9 Å². The quantitative estimate of drug-likeness (QED) is 0.663. The van der Waals surface area contributed by atoms with E-state index in [2.05, 4.69) is 15.6 Å². The lowest BCUT2D eigenvalue weighted by Gasteiger charge is -2.17. The van der Waals surface area contributed by atoms with Crippen molar-refractivity contribution in [2.75, 3.05) is 0 Å². The highest BCUT2D eigenvalue weighted by Gasteiger charge is 2.19. The number of thiophene rings is 1. The van der Waals surface area contributed by atoms with Gasteiger partial charge in [0.05, 0.1) is 22.5 Å². The molecule has 0 aliphatic rings. The molecule has 0 aliphatic heterocycles. The molecule has 0 bridgehead atoms. The Labute approximate surface area is 109 Å². The van der Waals surface area contributed by atoms with E-state index in [-0.39, 0.29) is 6.04 Å². The van der Waals surface area contributed by atoms with Crippen LogP contribution in [-0.2, 0) is 0 Å². The van der Waals surface area contributed by atoms with Crippen LogP contribution in [0.3, 0.4) is 0 Å². The highest BCUT2D eigenvalue weighted by molar-refractivity contribution is 7.10. The summed E-state index contributed by atoms with van der Waals surface area (Å²) in [6.07, 6.45) is 0. The molecular weight excluding hydrogens is 256 g/mol. The molecule has 1 unspecified atom stereocenters. The summed E-state index contributed by atoms with van der Waals surface area (Å²) >= 11 is 7.70. The molecule has 90 valence electrons. The van der Waals surface area contributed by atoms with Gasteiger partial charge >= 0.3 is 0 Å². The van der Waals surface area contributed by atoms with E-state index < -0.39 is 0 Å². The van der Waals surface area contributed by atoms with Crippen LogP contribution in [0.4, 0.5) is 0 Å². The van der Waals surface area contributed by atoms with Gasteiger partial charge in [-0.15, -0.1) is 11.3 Å². The smallest absolute Gasteiger partial charge is 0.0836 e. The highest BCUT2D eigenvalue weighted by atomic mass is 35.5. The molecule has 6 heteroatoms. The largest absolute Gasteiger partial charge is 0.271 e. The number of nitrogens with two attached hydrogens (primary N) is 1. The summed E-state index contributed by atoms with van der Waals surface area (Å²) in [5.74, 6) is 5.63. The summed E-state index contributed by atoms with van der Waals surface area (Å²) in [5, 5.41) is 10.8. The molecule has 2 aromatic rings. The third-order valence-corrected chi connectivity index (χ3v) is 3.95. The van der Waals surface area contributed by atoms with Gasteiger partial charge in [-0.2, -0.15) is 10.2 Å². The molecule has 0 saturated carbocycles. The van der Waals surface area contributed by atoms with E-state index in [1.807, 2.05) is 31.4 Å². The maximum atomic E-state index is 6.13. The average molecular weight is 269 g/mol. The zero-order chi connectivity index (χ0) is 12.4. The molecule has 4 nitrogen and oxygen atoms in total. The SMILES string of the molecule is Cc1cc(C(NN)c2sccc2Cl)c(C)nn1. The van der Waals surface area contributed by atoms with Crippen LogP contribution in [-0.4, -0.2) is 10.2 Å². The molecule has 0 aromatic carbocycles. The first-order valence-electron chi connectivity index (χ1n) is 5.13. The molecule has 1 atom stereocenters. The summed E-state index contributed by atoms with van der Waals surface area (Å²) in [4.78, 5) is 0.990. The minimum Gasteiger partial charge on any atom is -0.271 e. The lowest BCUT2D eigenvalue weighted by atomic mass is 10.0. The van der Waals surface area contributed by atoms with Crippen LogP contribution in [0, 0.1) is 13.8 Å². The van der Waals surface area contributed by atoms with Crippen LogP contribution in [0.25, 0.3) is 0 Å². The summed E-state index contributed by atoms with van der Waals surface area (Å²) < 4.78 is 0. The number of halogens is 1. The second-order valence-electron chi connectivity index (χ2n) is 3.76. The predicted molar refractivity (Wildman–Crippen MR) is 70.0 cm³/mol. The number of nitrogens with one attached hydrogen (secondary N) is 1. The Morgan fingerprint density at radius 1 is 1.41 bits per heavy atom. The number of hydrogen-bond donors (Lipinski definition) is 2. The van der Waals surface area contributed by atoms with E-state index in [1.165, 1.54) is 0 Å². The van der Waals surface area contributed by atoms with Gasteiger partial charge in [-0.1, -0.05) is 11.6 Å². The summed E-state index contributed by atoms with van der Waals surface area (Å²) in [7, 11) is 0. The maximum absolute atomic E-state index is 6.13. The van der Waals surface area contributed by atoms with E-state index in [0.29, 0.717) is 5.02 Å². The fourth-order valence-corrected chi connectivity index (χ4v) is 2.92. The van der Waals surface area contributed by atoms with Crippen molar-refractivity contribution >= 4 is 22.9 Å². The average Bonchev–Trinajstić information content (AvgIpc) is 2.71. The monoisotopic (exact) mass is 268 g/mol. The van der Waals surface area contributed by atoms with Gasteiger partial charge in [-0.05, 0) is 31.4 Å². The Hall–Kier alpha value is -1.01.